The summed E-state index contributed by atoms with van der Waals surface area (Å²) in [5, 5.41) is 3.93. The van der Waals surface area contributed by atoms with Crippen molar-refractivity contribution in [3.05, 3.63) is 11.7 Å². The second-order valence-electron chi connectivity index (χ2n) is 4.56. The molecule has 0 aliphatic carbocycles. The highest BCUT2D eigenvalue weighted by Gasteiger charge is 2.09. The highest BCUT2D eigenvalue weighted by molar-refractivity contribution is 4.86. The first-order chi connectivity index (χ1) is 7.61. The fraction of sp³-hybridized carbons (Fsp3) is 0.818. The van der Waals surface area contributed by atoms with Gasteiger partial charge in [0, 0.05) is 6.42 Å². The summed E-state index contributed by atoms with van der Waals surface area (Å²) in [6.45, 7) is 3.67. The Morgan fingerprint density at radius 2 is 2.12 bits per heavy atom. The summed E-state index contributed by atoms with van der Waals surface area (Å²) in [6.07, 6.45) is 2.96. The van der Waals surface area contributed by atoms with Crippen molar-refractivity contribution in [1.29, 1.82) is 0 Å². The second-order valence-corrected chi connectivity index (χ2v) is 4.56. The SMILES string of the molecule is CC(CCN)CCc1nc(CN(C)C)no1. The largest absolute Gasteiger partial charge is 0.339 e. The zero-order chi connectivity index (χ0) is 12.0. The van der Waals surface area contributed by atoms with Gasteiger partial charge in [0.15, 0.2) is 5.82 Å². The predicted molar refractivity (Wildman–Crippen MR) is 62.8 cm³/mol. The number of hydrogen-bond acceptors (Lipinski definition) is 5. The van der Waals surface area contributed by atoms with Gasteiger partial charge in [0.05, 0.1) is 6.54 Å². The van der Waals surface area contributed by atoms with Crippen LogP contribution < -0.4 is 5.73 Å². The minimum atomic E-state index is 0.620. The maximum Gasteiger partial charge on any atom is 0.226 e. The number of nitrogens with two attached hydrogens (primary N) is 1. The van der Waals surface area contributed by atoms with Crippen LogP contribution in [0, 0.1) is 5.92 Å². The van der Waals surface area contributed by atoms with E-state index in [4.69, 9.17) is 10.3 Å². The Morgan fingerprint density at radius 1 is 1.38 bits per heavy atom. The van der Waals surface area contributed by atoms with Crippen molar-refractivity contribution < 1.29 is 4.52 Å². The molecule has 1 aromatic rings. The van der Waals surface area contributed by atoms with Crippen molar-refractivity contribution in [1.82, 2.24) is 15.0 Å². The first-order valence-corrected chi connectivity index (χ1v) is 5.78. The van der Waals surface area contributed by atoms with Crippen LogP contribution in [-0.2, 0) is 13.0 Å². The van der Waals surface area contributed by atoms with E-state index in [2.05, 4.69) is 17.1 Å². The monoisotopic (exact) mass is 226 g/mol. The van der Waals surface area contributed by atoms with Crippen molar-refractivity contribution >= 4 is 0 Å². The summed E-state index contributed by atoms with van der Waals surface area (Å²) in [7, 11) is 3.97. The lowest BCUT2D eigenvalue weighted by Gasteiger charge is -2.06. The fourth-order valence-corrected chi connectivity index (χ4v) is 1.54. The molecule has 1 rings (SSSR count). The number of hydrogen-bond donors (Lipinski definition) is 1. The molecule has 0 aliphatic heterocycles. The van der Waals surface area contributed by atoms with Gasteiger partial charge >= 0.3 is 0 Å². The smallest absolute Gasteiger partial charge is 0.226 e. The summed E-state index contributed by atoms with van der Waals surface area (Å²) in [4.78, 5) is 6.35. The van der Waals surface area contributed by atoms with Crippen LogP contribution in [0.15, 0.2) is 4.52 Å². The summed E-state index contributed by atoms with van der Waals surface area (Å²) in [5.74, 6) is 2.11. The molecule has 0 aliphatic rings. The summed E-state index contributed by atoms with van der Waals surface area (Å²) in [5.41, 5.74) is 5.50. The molecule has 2 N–H and O–H groups in total. The van der Waals surface area contributed by atoms with Gasteiger partial charge in [-0.25, -0.2) is 0 Å². The first-order valence-electron chi connectivity index (χ1n) is 5.78. The van der Waals surface area contributed by atoms with Gasteiger partial charge in [-0.2, -0.15) is 4.98 Å². The molecule has 0 bridgehead atoms. The summed E-state index contributed by atoms with van der Waals surface area (Å²) >= 11 is 0. The van der Waals surface area contributed by atoms with Crippen LogP contribution in [0.25, 0.3) is 0 Å². The third-order valence-electron chi connectivity index (χ3n) is 2.48. The lowest BCUT2D eigenvalue weighted by atomic mass is 10.0. The molecular formula is C11H22N4O. The first kappa shape index (κ1) is 13.1. The molecule has 1 unspecified atom stereocenters. The van der Waals surface area contributed by atoms with Gasteiger partial charge in [-0.05, 0) is 39.4 Å². The molecule has 0 saturated heterocycles. The quantitative estimate of drug-likeness (QED) is 0.752. The summed E-state index contributed by atoms with van der Waals surface area (Å²) < 4.78 is 5.18. The lowest BCUT2D eigenvalue weighted by molar-refractivity contribution is 0.342. The van der Waals surface area contributed by atoms with Crippen LogP contribution in [-0.4, -0.2) is 35.7 Å². The minimum absolute atomic E-state index is 0.620. The highest BCUT2D eigenvalue weighted by Crippen LogP contribution is 2.11. The van der Waals surface area contributed by atoms with E-state index < -0.39 is 0 Å². The average Bonchev–Trinajstić information content (AvgIpc) is 2.62. The van der Waals surface area contributed by atoms with Crippen molar-refractivity contribution in [2.24, 2.45) is 11.7 Å². The molecule has 0 aromatic carbocycles. The van der Waals surface area contributed by atoms with Crippen molar-refractivity contribution in [2.45, 2.75) is 32.7 Å². The second kappa shape index (κ2) is 6.60. The Morgan fingerprint density at radius 3 is 2.75 bits per heavy atom. The maximum atomic E-state index is 5.50. The van der Waals surface area contributed by atoms with Crippen LogP contribution in [0.5, 0.6) is 0 Å². The number of rotatable bonds is 7. The van der Waals surface area contributed by atoms with Gasteiger partial charge in [-0.15, -0.1) is 0 Å². The van der Waals surface area contributed by atoms with E-state index in [9.17, 15) is 0 Å². The minimum Gasteiger partial charge on any atom is -0.339 e. The van der Waals surface area contributed by atoms with Gasteiger partial charge in [0.1, 0.15) is 0 Å². The molecule has 5 heteroatoms. The Bertz CT molecular complexity index is 298. The topological polar surface area (TPSA) is 68.2 Å². The van der Waals surface area contributed by atoms with E-state index in [1.54, 1.807) is 0 Å². The van der Waals surface area contributed by atoms with Crippen molar-refractivity contribution in [3.63, 3.8) is 0 Å². The molecule has 0 radical (unpaired) electrons. The molecule has 16 heavy (non-hydrogen) atoms. The van der Waals surface area contributed by atoms with Gasteiger partial charge in [0.25, 0.3) is 0 Å². The molecule has 0 spiro atoms. The van der Waals surface area contributed by atoms with E-state index in [0.717, 1.165) is 44.1 Å². The fourth-order valence-electron chi connectivity index (χ4n) is 1.54. The molecule has 0 amide bonds. The van der Waals surface area contributed by atoms with Gasteiger partial charge in [-0.1, -0.05) is 12.1 Å². The standard InChI is InChI=1S/C11H22N4O/c1-9(6-7-12)4-5-11-13-10(14-16-11)8-15(2)3/h9H,4-8,12H2,1-3H3. The molecular weight excluding hydrogens is 204 g/mol. The van der Waals surface area contributed by atoms with E-state index in [0.29, 0.717) is 5.92 Å². The normalized spacial score (nSPS) is 13.3. The molecule has 1 aromatic heterocycles. The van der Waals surface area contributed by atoms with Crippen LogP contribution in [0.4, 0.5) is 0 Å². The predicted octanol–water partition coefficient (Wildman–Crippen LogP) is 1.05. The van der Waals surface area contributed by atoms with Crippen LogP contribution in [0.3, 0.4) is 0 Å². The number of aryl methyl sites for hydroxylation is 1. The van der Waals surface area contributed by atoms with Gasteiger partial charge in [0.2, 0.25) is 5.89 Å². The Labute approximate surface area is 97.0 Å². The molecule has 0 saturated carbocycles. The van der Waals surface area contributed by atoms with Crippen molar-refractivity contribution in [3.8, 4) is 0 Å². The van der Waals surface area contributed by atoms with E-state index in [1.165, 1.54) is 0 Å². The molecule has 0 fully saturated rings. The third-order valence-corrected chi connectivity index (χ3v) is 2.48. The van der Waals surface area contributed by atoms with E-state index in [-0.39, 0.29) is 0 Å². The molecule has 5 nitrogen and oxygen atoms in total. The number of nitrogens with zero attached hydrogens (tertiary/aromatic N) is 3. The molecule has 92 valence electrons. The third kappa shape index (κ3) is 4.72. The summed E-state index contributed by atoms with van der Waals surface area (Å²) in [6, 6.07) is 0. The Hall–Kier alpha value is -0.940. The van der Waals surface area contributed by atoms with Crippen LogP contribution in [0.1, 0.15) is 31.5 Å². The molecule has 1 heterocycles. The zero-order valence-corrected chi connectivity index (χ0v) is 10.4. The van der Waals surface area contributed by atoms with E-state index in [1.807, 2.05) is 19.0 Å². The number of aromatic nitrogens is 2. The maximum absolute atomic E-state index is 5.50. The average molecular weight is 226 g/mol. The Kier molecular flexibility index (Phi) is 5.42. The van der Waals surface area contributed by atoms with Gasteiger partial charge < -0.3 is 15.2 Å². The highest BCUT2D eigenvalue weighted by atomic mass is 16.5. The van der Waals surface area contributed by atoms with Gasteiger partial charge in [-0.3, -0.25) is 0 Å². The van der Waals surface area contributed by atoms with Crippen molar-refractivity contribution in [2.75, 3.05) is 20.6 Å². The zero-order valence-electron chi connectivity index (χ0n) is 10.4. The Balaban J connectivity index is 2.34. The van der Waals surface area contributed by atoms with E-state index >= 15 is 0 Å². The lowest BCUT2D eigenvalue weighted by Crippen LogP contribution is -2.11. The van der Waals surface area contributed by atoms with Crippen LogP contribution in [0.2, 0.25) is 0 Å². The molecule has 1 atom stereocenters. The van der Waals surface area contributed by atoms with Crippen LogP contribution >= 0.6 is 0 Å².